The molecule has 0 bridgehead atoms. The van der Waals surface area contributed by atoms with Crippen LogP contribution in [0, 0.1) is 0 Å². The summed E-state index contributed by atoms with van der Waals surface area (Å²) in [5.74, 6) is -0.223. The number of carbonyl (C=O) groups is 2. The van der Waals surface area contributed by atoms with Crippen molar-refractivity contribution in [3.8, 4) is 5.75 Å². The fraction of sp³-hybridized carbons (Fsp3) is 0.273. The summed E-state index contributed by atoms with van der Waals surface area (Å²) >= 11 is 0. The fourth-order valence-electron chi connectivity index (χ4n) is 3.24. The van der Waals surface area contributed by atoms with Crippen LogP contribution in [0.25, 0.3) is 10.8 Å². The number of ether oxygens (including phenoxy) is 1. The second-order valence-electron chi connectivity index (χ2n) is 6.80. The average Bonchev–Trinajstić information content (AvgIpc) is 2.76. The third-order valence-electron chi connectivity index (χ3n) is 4.66. The maximum Gasteiger partial charge on any atom is 0.275 e. The Morgan fingerprint density at radius 2 is 1.77 bits per heavy atom. The van der Waals surface area contributed by atoms with Gasteiger partial charge < -0.3 is 15.0 Å². The lowest BCUT2D eigenvalue weighted by atomic mass is 10.1. The number of anilines is 1. The fourth-order valence-corrected chi connectivity index (χ4v) is 3.24. The summed E-state index contributed by atoms with van der Waals surface area (Å²) in [5.41, 5.74) is 0.393. The van der Waals surface area contributed by atoms with E-state index in [9.17, 15) is 14.4 Å². The van der Waals surface area contributed by atoms with Gasteiger partial charge in [0.05, 0.1) is 18.2 Å². The van der Waals surface area contributed by atoms with Crippen molar-refractivity contribution in [2.75, 3.05) is 25.5 Å². The number of methoxy groups -OCH3 is 1. The van der Waals surface area contributed by atoms with Crippen LogP contribution in [0.15, 0.2) is 53.3 Å². The molecule has 8 heteroatoms. The Labute approximate surface area is 174 Å². The maximum absolute atomic E-state index is 13.3. The Morgan fingerprint density at radius 1 is 1.10 bits per heavy atom. The lowest BCUT2D eigenvalue weighted by molar-refractivity contribution is -0.116. The van der Waals surface area contributed by atoms with Gasteiger partial charge in [0.15, 0.2) is 5.69 Å². The van der Waals surface area contributed by atoms with Gasteiger partial charge in [-0.3, -0.25) is 14.4 Å². The number of benzene rings is 2. The summed E-state index contributed by atoms with van der Waals surface area (Å²) in [7, 11) is 3.03. The SMILES string of the molecule is CCCN(CC(=O)Nc1ccccc1OC)C(=O)c1nn(C)c(=O)c2ccccc12. The average molecular weight is 408 g/mol. The van der Waals surface area contributed by atoms with Crippen LogP contribution in [-0.2, 0) is 11.8 Å². The molecule has 0 fully saturated rings. The van der Waals surface area contributed by atoms with Gasteiger partial charge in [-0.25, -0.2) is 4.68 Å². The molecule has 8 nitrogen and oxygen atoms in total. The Balaban J connectivity index is 1.89. The highest BCUT2D eigenvalue weighted by Crippen LogP contribution is 2.23. The van der Waals surface area contributed by atoms with Crippen molar-refractivity contribution in [1.82, 2.24) is 14.7 Å². The van der Waals surface area contributed by atoms with Gasteiger partial charge in [-0.1, -0.05) is 37.3 Å². The van der Waals surface area contributed by atoms with Crippen LogP contribution in [0.5, 0.6) is 5.75 Å². The molecule has 0 saturated heterocycles. The highest BCUT2D eigenvalue weighted by molar-refractivity contribution is 6.06. The number of aryl methyl sites for hydroxylation is 1. The number of para-hydroxylation sites is 2. The number of rotatable bonds is 7. The van der Waals surface area contributed by atoms with Gasteiger partial charge in [0.25, 0.3) is 11.5 Å². The van der Waals surface area contributed by atoms with Gasteiger partial charge in [-0.05, 0) is 24.6 Å². The summed E-state index contributed by atoms with van der Waals surface area (Å²) in [6.45, 7) is 2.14. The first-order valence-corrected chi connectivity index (χ1v) is 9.64. The molecule has 0 unspecified atom stereocenters. The van der Waals surface area contributed by atoms with Gasteiger partial charge in [0.1, 0.15) is 12.3 Å². The van der Waals surface area contributed by atoms with Crippen molar-refractivity contribution in [3.63, 3.8) is 0 Å². The van der Waals surface area contributed by atoms with Crippen LogP contribution in [-0.4, -0.2) is 46.7 Å². The number of aromatic nitrogens is 2. The van der Waals surface area contributed by atoms with E-state index < -0.39 is 5.91 Å². The standard InChI is InChI=1S/C22H24N4O4/c1-4-13-26(14-19(27)23-17-11-7-8-12-18(17)30-3)22(29)20-15-9-5-6-10-16(15)21(28)25(2)24-20/h5-12H,4,13-14H2,1-3H3,(H,23,27). The van der Waals surface area contributed by atoms with Gasteiger partial charge >= 0.3 is 0 Å². The number of nitrogens with zero attached hydrogens (tertiary/aromatic N) is 3. The van der Waals surface area contributed by atoms with Crippen molar-refractivity contribution in [2.45, 2.75) is 13.3 Å². The van der Waals surface area contributed by atoms with Crippen LogP contribution in [0.2, 0.25) is 0 Å². The van der Waals surface area contributed by atoms with Gasteiger partial charge in [0.2, 0.25) is 5.91 Å². The van der Waals surface area contributed by atoms with Crippen molar-refractivity contribution in [3.05, 3.63) is 64.6 Å². The molecule has 0 spiro atoms. The maximum atomic E-state index is 13.3. The van der Waals surface area contributed by atoms with E-state index in [0.717, 1.165) is 4.68 Å². The van der Waals surface area contributed by atoms with Crippen LogP contribution in [0.4, 0.5) is 5.69 Å². The Hall–Kier alpha value is -3.68. The van der Waals surface area contributed by atoms with E-state index in [1.165, 1.54) is 19.1 Å². The molecule has 1 aromatic heterocycles. The molecule has 0 aliphatic heterocycles. The molecule has 156 valence electrons. The number of amides is 2. The minimum Gasteiger partial charge on any atom is -0.495 e. The number of fused-ring (bicyclic) bond motifs is 1. The third kappa shape index (κ3) is 4.32. The summed E-state index contributed by atoms with van der Waals surface area (Å²) < 4.78 is 6.40. The second-order valence-corrected chi connectivity index (χ2v) is 6.80. The summed E-state index contributed by atoms with van der Waals surface area (Å²) in [6.07, 6.45) is 0.664. The minimum absolute atomic E-state index is 0.145. The van der Waals surface area contributed by atoms with Gasteiger partial charge in [0, 0.05) is 19.0 Å². The summed E-state index contributed by atoms with van der Waals surface area (Å²) in [6, 6.07) is 13.9. The number of hydrogen-bond acceptors (Lipinski definition) is 5. The molecule has 0 aliphatic carbocycles. The predicted molar refractivity (Wildman–Crippen MR) is 115 cm³/mol. The number of nitrogens with one attached hydrogen (secondary N) is 1. The van der Waals surface area contributed by atoms with Crippen molar-refractivity contribution in [2.24, 2.45) is 7.05 Å². The molecule has 2 aromatic carbocycles. The predicted octanol–water partition coefficient (Wildman–Crippen LogP) is 2.43. The van der Waals surface area contributed by atoms with E-state index in [1.54, 1.807) is 48.5 Å². The van der Waals surface area contributed by atoms with Crippen LogP contribution >= 0.6 is 0 Å². The number of carbonyl (C=O) groups excluding carboxylic acids is 2. The lowest BCUT2D eigenvalue weighted by Gasteiger charge is -2.22. The zero-order valence-electron chi connectivity index (χ0n) is 17.2. The first kappa shape index (κ1) is 21.0. The minimum atomic E-state index is -0.404. The molecule has 2 amide bonds. The van der Waals surface area contributed by atoms with E-state index in [0.29, 0.717) is 35.2 Å². The van der Waals surface area contributed by atoms with E-state index in [2.05, 4.69) is 10.4 Å². The first-order chi connectivity index (χ1) is 14.5. The van der Waals surface area contributed by atoms with E-state index >= 15 is 0 Å². The molecule has 30 heavy (non-hydrogen) atoms. The lowest BCUT2D eigenvalue weighted by Crippen LogP contribution is -2.40. The van der Waals surface area contributed by atoms with Crippen LogP contribution < -0.4 is 15.6 Å². The Bertz CT molecular complexity index is 1140. The molecule has 0 radical (unpaired) electrons. The molecule has 3 aromatic rings. The monoisotopic (exact) mass is 408 g/mol. The smallest absolute Gasteiger partial charge is 0.275 e. The summed E-state index contributed by atoms with van der Waals surface area (Å²) in [5, 5.41) is 7.84. The normalized spacial score (nSPS) is 10.6. The molecule has 1 N–H and O–H groups in total. The first-order valence-electron chi connectivity index (χ1n) is 9.64. The van der Waals surface area contributed by atoms with Crippen LogP contribution in [0.3, 0.4) is 0 Å². The van der Waals surface area contributed by atoms with Gasteiger partial charge in [-0.15, -0.1) is 0 Å². The molecule has 0 atom stereocenters. The topological polar surface area (TPSA) is 93.5 Å². The molecule has 3 rings (SSSR count). The Kier molecular flexibility index (Phi) is 6.46. The van der Waals surface area contributed by atoms with Gasteiger partial charge in [-0.2, -0.15) is 5.10 Å². The molecular formula is C22H24N4O4. The Morgan fingerprint density at radius 3 is 2.47 bits per heavy atom. The molecule has 1 heterocycles. The van der Waals surface area contributed by atoms with E-state index in [-0.39, 0.29) is 23.7 Å². The quantitative estimate of drug-likeness (QED) is 0.648. The second kappa shape index (κ2) is 9.21. The molecular weight excluding hydrogens is 384 g/mol. The van der Waals surface area contributed by atoms with Crippen LogP contribution in [0.1, 0.15) is 23.8 Å². The number of hydrogen-bond donors (Lipinski definition) is 1. The third-order valence-corrected chi connectivity index (χ3v) is 4.66. The highest BCUT2D eigenvalue weighted by atomic mass is 16.5. The zero-order valence-corrected chi connectivity index (χ0v) is 17.2. The van der Waals surface area contributed by atoms with Crippen molar-refractivity contribution < 1.29 is 14.3 Å². The molecule has 0 aliphatic rings. The largest absolute Gasteiger partial charge is 0.495 e. The van der Waals surface area contributed by atoms with E-state index in [1.807, 2.05) is 6.92 Å². The summed E-state index contributed by atoms with van der Waals surface area (Å²) in [4.78, 5) is 39.7. The highest BCUT2D eigenvalue weighted by Gasteiger charge is 2.23. The van der Waals surface area contributed by atoms with Crippen molar-refractivity contribution >= 4 is 28.3 Å². The molecule has 0 saturated carbocycles. The van der Waals surface area contributed by atoms with E-state index in [4.69, 9.17) is 4.74 Å². The van der Waals surface area contributed by atoms with Crippen molar-refractivity contribution in [1.29, 1.82) is 0 Å². The zero-order chi connectivity index (χ0) is 21.7.